The summed E-state index contributed by atoms with van der Waals surface area (Å²) in [7, 11) is 0. The summed E-state index contributed by atoms with van der Waals surface area (Å²) in [5.74, 6) is 0.607. The van der Waals surface area contributed by atoms with Crippen molar-refractivity contribution in [3.63, 3.8) is 0 Å². The number of carbonyl (C=O) groups excluding carboxylic acids is 1. The number of carbonyl (C=O) groups is 1. The van der Waals surface area contributed by atoms with Crippen molar-refractivity contribution in [3.8, 4) is 5.75 Å². The predicted octanol–water partition coefficient (Wildman–Crippen LogP) is 7.77. The van der Waals surface area contributed by atoms with E-state index in [2.05, 4.69) is 88.6 Å². The van der Waals surface area contributed by atoms with Crippen LogP contribution in [0, 0.1) is 7.14 Å². The second-order valence-electron chi connectivity index (χ2n) is 8.75. The molecular weight excluding hydrogens is 697 g/mol. The minimum atomic E-state index is -0.163. The fourth-order valence-electron chi connectivity index (χ4n) is 3.11. The molecule has 0 aliphatic heterocycles. The van der Waals surface area contributed by atoms with Crippen LogP contribution in [0.25, 0.3) is 0 Å². The molecule has 0 spiro atoms. The summed E-state index contributed by atoms with van der Waals surface area (Å²) in [6, 6.07) is 17.4. The molecule has 4 nitrogen and oxygen atoms in total. The maximum Gasteiger partial charge on any atom is 0.244 e. The molecule has 1 N–H and O–H groups in total. The Bertz CT molecular complexity index is 1180. The van der Waals surface area contributed by atoms with Gasteiger partial charge in [0.1, 0.15) is 12.4 Å². The molecule has 3 aromatic rings. The van der Waals surface area contributed by atoms with Crippen LogP contribution in [0.15, 0.2) is 59.7 Å². The molecule has 34 heavy (non-hydrogen) atoms. The van der Waals surface area contributed by atoms with Gasteiger partial charge in [-0.05, 0) is 91.6 Å². The van der Waals surface area contributed by atoms with Crippen LogP contribution in [0.2, 0.25) is 10.0 Å². The molecule has 1 amide bonds. The third-order valence-electron chi connectivity index (χ3n) is 5.00. The van der Waals surface area contributed by atoms with E-state index < -0.39 is 0 Å². The number of rotatable bonds is 7. The van der Waals surface area contributed by atoms with Crippen LogP contribution < -0.4 is 10.2 Å². The Kier molecular flexibility index (Phi) is 9.65. The first-order valence-corrected chi connectivity index (χ1v) is 13.4. The van der Waals surface area contributed by atoms with Gasteiger partial charge in [-0.1, -0.05) is 74.3 Å². The minimum Gasteiger partial charge on any atom is -0.487 e. The quantitative estimate of drug-likeness (QED) is 0.154. The van der Waals surface area contributed by atoms with Crippen molar-refractivity contribution in [1.29, 1.82) is 0 Å². The summed E-state index contributed by atoms with van der Waals surface area (Å²) < 4.78 is 7.87. The van der Waals surface area contributed by atoms with Gasteiger partial charge in [0.15, 0.2) is 0 Å². The van der Waals surface area contributed by atoms with E-state index >= 15 is 0 Å². The second kappa shape index (κ2) is 12.1. The molecule has 0 bridgehead atoms. The largest absolute Gasteiger partial charge is 0.487 e. The number of hydrogen-bond donors (Lipinski definition) is 1. The van der Waals surface area contributed by atoms with E-state index in [0.717, 1.165) is 29.6 Å². The first-order chi connectivity index (χ1) is 16.0. The maximum absolute atomic E-state index is 12.3. The minimum absolute atomic E-state index is 0.0869. The van der Waals surface area contributed by atoms with E-state index in [0.29, 0.717) is 16.7 Å². The van der Waals surface area contributed by atoms with Gasteiger partial charge >= 0.3 is 0 Å². The molecule has 8 heteroatoms. The van der Waals surface area contributed by atoms with Gasteiger partial charge in [-0.25, -0.2) is 5.43 Å². The van der Waals surface area contributed by atoms with E-state index in [4.69, 9.17) is 27.9 Å². The van der Waals surface area contributed by atoms with Gasteiger partial charge in [0.2, 0.25) is 5.91 Å². The molecule has 0 aliphatic carbocycles. The topological polar surface area (TPSA) is 50.7 Å². The van der Waals surface area contributed by atoms with Crippen molar-refractivity contribution < 1.29 is 9.53 Å². The van der Waals surface area contributed by atoms with Gasteiger partial charge in [-0.3, -0.25) is 4.79 Å². The molecule has 178 valence electrons. The molecule has 3 rings (SSSR count). The Hall–Kier alpha value is -1.36. The second-order valence-corrected chi connectivity index (χ2v) is 11.9. The van der Waals surface area contributed by atoms with Crippen LogP contribution >= 0.6 is 68.4 Å². The van der Waals surface area contributed by atoms with Crippen LogP contribution in [-0.4, -0.2) is 12.1 Å². The summed E-state index contributed by atoms with van der Waals surface area (Å²) in [6.07, 6.45) is 1.90. The highest BCUT2D eigenvalue weighted by Gasteiger charge is 2.13. The van der Waals surface area contributed by atoms with Crippen molar-refractivity contribution in [2.75, 3.05) is 0 Å². The molecule has 0 aliphatic rings. The summed E-state index contributed by atoms with van der Waals surface area (Å²) in [5.41, 5.74) is 6.60. The molecule has 0 fully saturated rings. The maximum atomic E-state index is 12.3. The van der Waals surface area contributed by atoms with Gasteiger partial charge in [0, 0.05) is 15.6 Å². The van der Waals surface area contributed by atoms with Crippen LogP contribution in [0.3, 0.4) is 0 Å². The van der Waals surface area contributed by atoms with E-state index in [1.807, 2.05) is 30.3 Å². The normalized spacial score (nSPS) is 11.6. The molecule has 0 atom stereocenters. The Balaban J connectivity index is 1.58. The third-order valence-corrected chi connectivity index (χ3v) is 7.18. The van der Waals surface area contributed by atoms with Gasteiger partial charge < -0.3 is 4.74 Å². The average Bonchev–Trinajstić information content (AvgIpc) is 2.74. The van der Waals surface area contributed by atoms with E-state index in [1.54, 1.807) is 18.3 Å². The zero-order chi connectivity index (χ0) is 24.9. The fraction of sp³-hybridized carbons (Fsp3) is 0.231. The lowest BCUT2D eigenvalue weighted by Gasteiger charge is -2.19. The molecule has 0 heterocycles. The fourth-order valence-corrected chi connectivity index (χ4v) is 5.70. The summed E-state index contributed by atoms with van der Waals surface area (Å²) >= 11 is 16.6. The standard InChI is InChI=1S/C26H24Cl2I2N2O2/c1-26(2,3)19-7-4-16(5-8-19)12-24(33)32-31-14-17-10-22(29)25(23(30)11-17)34-15-18-6-9-20(27)13-21(18)28/h4-11,13-14H,12,15H2,1-3H3,(H,32,33)/b31-14-. The summed E-state index contributed by atoms with van der Waals surface area (Å²) in [4.78, 5) is 12.3. The first-order valence-electron chi connectivity index (χ1n) is 10.5. The average molecular weight is 721 g/mol. The van der Waals surface area contributed by atoms with Gasteiger partial charge in [-0.2, -0.15) is 5.10 Å². The van der Waals surface area contributed by atoms with Crippen LogP contribution in [-0.2, 0) is 23.2 Å². The highest BCUT2D eigenvalue weighted by atomic mass is 127. The SMILES string of the molecule is CC(C)(C)c1ccc(CC(=O)N/N=C\c2cc(I)c(OCc3ccc(Cl)cc3Cl)c(I)c2)cc1. The van der Waals surface area contributed by atoms with Crippen molar-refractivity contribution in [2.45, 2.75) is 39.2 Å². The Morgan fingerprint density at radius 3 is 2.26 bits per heavy atom. The lowest BCUT2D eigenvalue weighted by atomic mass is 9.86. The molecular formula is C26H24Cl2I2N2O2. The number of nitrogens with zero attached hydrogens (tertiary/aromatic N) is 1. The number of halogens is 4. The number of ether oxygens (including phenoxy) is 1. The van der Waals surface area contributed by atoms with Crippen molar-refractivity contribution in [2.24, 2.45) is 5.10 Å². The highest BCUT2D eigenvalue weighted by Crippen LogP contribution is 2.30. The number of hydrogen-bond acceptors (Lipinski definition) is 3. The Labute approximate surface area is 237 Å². The smallest absolute Gasteiger partial charge is 0.244 e. The van der Waals surface area contributed by atoms with Gasteiger partial charge in [0.25, 0.3) is 0 Å². The van der Waals surface area contributed by atoms with Crippen LogP contribution in [0.5, 0.6) is 5.75 Å². The van der Waals surface area contributed by atoms with E-state index in [-0.39, 0.29) is 17.7 Å². The van der Waals surface area contributed by atoms with Gasteiger partial charge in [-0.15, -0.1) is 0 Å². The molecule has 0 unspecified atom stereocenters. The van der Waals surface area contributed by atoms with Crippen molar-refractivity contribution in [1.82, 2.24) is 5.43 Å². The number of amides is 1. The molecule has 3 aromatic carbocycles. The number of benzene rings is 3. The monoisotopic (exact) mass is 720 g/mol. The lowest BCUT2D eigenvalue weighted by molar-refractivity contribution is -0.120. The lowest BCUT2D eigenvalue weighted by Crippen LogP contribution is -2.20. The molecule has 0 aromatic heterocycles. The van der Waals surface area contributed by atoms with E-state index in [1.165, 1.54) is 5.56 Å². The predicted molar refractivity (Wildman–Crippen MR) is 157 cm³/mol. The number of nitrogens with one attached hydrogen (secondary N) is 1. The Morgan fingerprint density at radius 1 is 1.03 bits per heavy atom. The molecule has 0 radical (unpaired) electrons. The van der Waals surface area contributed by atoms with Gasteiger partial charge in [0.05, 0.1) is 19.8 Å². The molecule has 0 saturated carbocycles. The van der Waals surface area contributed by atoms with Crippen molar-refractivity contribution >= 4 is 80.5 Å². The zero-order valence-corrected chi connectivity index (χ0v) is 24.8. The third kappa shape index (κ3) is 7.83. The first kappa shape index (κ1) is 27.2. The summed E-state index contributed by atoms with van der Waals surface area (Å²) in [5, 5.41) is 5.28. The van der Waals surface area contributed by atoms with Crippen molar-refractivity contribution in [3.05, 3.63) is 94.0 Å². The Morgan fingerprint density at radius 2 is 1.68 bits per heavy atom. The number of hydrazone groups is 1. The van der Waals surface area contributed by atoms with Crippen LogP contribution in [0.1, 0.15) is 43.0 Å². The van der Waals surface area contributed by atoms with Crippen LogP contribution in [0.4, 0.5) is 0 Å². The van der Waals surface area contributed by atoms with E-state index in [9.17, 15) is 4.79 Å². The molecule has 0 saturated heterocycles. The highest BCUT2D eigenvalue weighted by molar-refractivity contribution is 14.1. The zero-order valence-electron chi connectivity index (χ0n) is 19.0. The summed E-state index contributed by atoms with van der Waals surface area (Å²) in [6.45, 7) is 6.83.